The van der Waals surface area contributed by atoms with Crippen LogP contribution in [0.25, 0.3) is 11.5 Å². The lowest BCUT2D eigenvalue weighted by Gasteiger charge is -2.12. The first-order valence-electron chi connectivity index (χ1n) is 9.69. The van der Waals surface area contributed by atoms with Crippen LogP contribution in [0.5, 0.6) is 0 Å². The Kier molecular flexibility index (Phi) is 6.21. The Hall–Kier alpha value is -2.71. The maximum Gasteiger partial charge on any atom is 0.232 e. The number of carbonyl (C=O) groups is 1. The predicted molar refractivity (Wildman–Crippen MR) is 112 cm³/mol. The summed E-state index contributed by atoms with van der Waals surface area (Å²) in [6.45, 7) is 1.23. The van der Waals surface area contributed by atoms with Gasteiger partial charge in [0.15, 0.2) is 0 Å². The smallest absolute Gasteiger partial charge is 0.232 e. The van der Waals surface area contributed by atoms with Crippen LogP contribution in [0.4, 0.5) is 0 Å². The molecule has 8 heteroatoms. The van der Waals surface area contributed by atoms with Crippen molar-refractivity contribution in [1.82, 2.24) is 19.7 Å². The van der Waals surface area contributed by atoms with Crippen molar-refractivity contribution in [2.24, 2.45) is 0 Å². The molecular weight excluding hydrogens is 388 g/mol. The number of ether oxygens (including phenoxy) is 1. The largest absolute Gasteiger partial charge is 0.376 e. The van der Waals surface area contributed by atoms with E-state index in [0.29, 0.717) is 6.54 Å². The van der Waals surface area contributed by atoms with Crippen molar-refractivity contribution in [3.8, 4) is 11.5 Å². The first-order valence-corrected chi connectivity index (χ1v) is 11.2. The minimum Gasteiger partial charge on any atom is -0.376 e. The number of rotatable bonds is 8. The lowest BCUT2D eigenvalue weighted by atomic mass is 10.2. The molecule has 0 unspecified atom stereocenters. The highest BCUT2D eigenvalue weighted by atomic mass is 32.2. The number of nitrogens with zero attached hydrogens (tertiary/aromatic N) is 3. The minimum atomic E-state index is -1.34. The van der Waals surface area contributed by atoms with Gasteiger partial charge in [0.05, 0.1) is 23.7 Å². The van der Waals surface area contributed by atoms with E-state index in [9.17, 15) is 9.00 Å². The molecule has 29 heavy (non-hydrogen) atoms. The van der Waals surface area contributed by atoms with E-state index in [4.69, 9.17) is 4.74 Å². The number of aromatic nitrogens is 3. The molecule has 0 spiro atoms. The van der Waals surface area contributed by atoms with Crippen LogP contribution < -0.4 is 5.32 Å². The van der Waals surface area contributed by atoms with Crippen molar-refractivity contribution in [1.29, 1.82) is 0 Å². The molecule has 4 rings (SSSR count). The van der Waals surface area contributed by atoms with Gasteiger partial charge in [-0.2, -0.15) is 5.10 Å². The summed E-state index contributed by atoms with van der Waals surface area (Å²) in [5, 5.41) is 7.34. The standard InChI is InChI=1S/C21H24N4O3S/c26-20(22-14-19-9-6-12-28-19)16-29(27)15-17-13-23-25(18-7-2-1-3-8-18)21(17)24-10-4-5-11-24/h1-5,7-8,10-11,13,19H,6,9,12,14-16H2,(H,22,26)/t19-,29-/m0/s1. The van der Waals surface area contributed by atoms with Gasteiger partial charge in [0.2, 0.25) is 5.91 Å². The third kappa shape index (κ3) is 4.83. The average molecular weight is 413 g/mol. The summed E-state index contributed by atoms with van der Waals surface area (Å²) in [5.74, 6) is 0.841. The second kappa shape index (κ2) is 9.19. The van der Waals surface area contributed by atoms with Gasteiger partial charge in [-0.3, -0.25) is 9.00 Å². The molecule has 152 valence electrons. The van der Waals surface area contributed by atoms with Crippen LogP contribution >= 0.6 is 0 Å². The van der Waals surface area contributed by atoms with Crippen molar-refractivity contribution in [3.63, 3.8) is 0 Å². The zero-order valence-electron chi connectivity index (χ0n) is 16.1. The molecule has 7 nitrogen and oxygen atoms in total. The fourth-order valence-corrected chi connectivity index (χ4v) is 4.49. The molecule has 1 saturated heterocycles. The highest BCUT2D eigenvalue weighted by Crippen LogP contribution is 2.21. The number of benzene rings is 1. The zero-order valence-corrected chi connectivity index (χ0v) is 16.9. The number of amides is 1. The Morgan fingerprint density at radius 1 is 1.21 bits per heavy atom. The van der Waals surface area contributed by atoms with Crippen molar-refractivity contribution < 1.29 is 13.7 Å². The maximum atomic E-state index is 12.7. The van der Waals surface area contributed by atoms with Crippen molar-refractivity contribution >= 4 is 16.7 Å². The molecule has 1 N–H and O–H groups in total. The average Bonchev–Trinajstić information content (AvgIpc) is 3.48. The maximum absolute atomic E-state index is 12.7. The molecule has 3 aromatic rings. The van der Waals surface area contributed by atoms with E-state index < -0.39 is 10.8 Å². The van der Waals surface area contributed by atoms with Gasteiger partial charge in [0, 0.05) is 41.9 Å². The molecule has 0 aliphatic carbocycles. The molecule has 1 amide bonds. The molecule has 2 atom stereocenters. The van der Waals surface area contributed by atoms with E-state index in [2.05, 4.69) is 10.4 Å². The van der Waals surface area contributed by atoms with Crippen LogP contribution in [-0.2, 0) is 26.1 Å². The highest BCUT2D eigenvalue weighted by Gasteiger charge is 2.19. The first-order chi connectivity index (χ1) is 14.2. The van der Waals surface area contributed by atoms with E-state index >= 15 is 0 Å². The van der Waals surface area contributed by atoms with E-state index in [1.807, 2.05) is 64.1 Å². The number of hydrogen-bond donors (Lipinski definition) is 1. The first kappa shape index (κ1) is 19.6. The van der Waals surface area contributed by atoms with Crippen molar-refractivity contribution in [2.75, 3.05) is 18.9 Å². The molecule has 1 aliphatic heterocycles. The second-order valence-electron chi connectivity index (χ2n) is 7.00. The number of hydrogen-bond acceptors (Lipinski definition) is 4. The van der Waals surface area contributed by atoms with Crippen LogP contribution in [0.3, 0.4) is 0 Å². The van der Waals surface area contributed by atoms with E-state index in [1.165, 1.54) is 0 Å². The lowest BCUT2D eigenvalue weighted by molar-refractivity contribution is -0.119. The van der Waals surface area contributed by atoms with Crippen LogP contribution in [0.15, 0.2) is 61.1 Å². The van der Waals surface area contributed by atoms with Gasteiger partial charge in [-0.25, -0.2) is 4.68 Å². The molecule has 3 heterocycles. The Bertz CT molecular complexity index is 963. The van der Waals surface area contributed by atoms with Crippen LogP contribution in [0, 0.1) is 0 Å². The predicted octanol–water partition coefficient (Wildman–Crippen LogP) is 2.21. The number of nitrogens with one attached hydrogen (secondary N) is 1. The van der Waals surface area contributed by atoms with Gasteiger partial charge in [-0.15, -0.1) is 0 Å². The van der Waals surface area contributed by atoms with E-state index in [0.717, 1.165) is 36.5 Å². The summed E-state index contributed by atoms with van der Waals surface area (Å²) in [7, 11) is -1.34. The summed E-state index contributed by atoms with van der Waals surface area (Å²) in [6.07, 6.45) is 7.65. The molecular formula is C21H24N4O3S. The quantitative estimate of drug-likeness (QED) is 0.615. The van der Waals surface area contributed by atoms with Gasteiger partial charge in [0.25, 0.3) is 0 Å². The fourth-order valence-electron chi connectivity index (χ4n) is 3.44. The van der Waals surface area contributed by atoms with Gasteiger partial charge >= 0.3 is 0 Å². The third-order valence-corrected chi connectivity index (χ3v) is 6.04. The van der Waals surface area contributed by atoms with Crippen LogP contribution in [-0.4, -0.2) is 49.5 Å². The Balaban J connectivity index is 1.46. The molecule has 2 aromatic heterocycles. The van der Waals surface area contributed by atoms with Crippen LogP contribution in [0.2, 0.25) is 0 Å². The van der Waals surface area contributed by atoms with Gasteiger partial charge in [-0.05, 0) is 37.1 Å². The molecule has 1 aliphatic rings. The summed E-state index contributed by atoms with van der Waals surface area (Å²) >= 11 is 0. The van der Waals surface area contributed by atoms with Gasteiger partial charge < -0.3 is 14.6 Å². The molecule has 0 saturated carbocycles. The van der Waals surface area contributed by atoms with Crippen molar-refractivity contribution in [3.05, 3.63) is 66.6 Å². The van der Waals surface area contributed by atoms with E-state index in [-0.39, 0.29) is 23.5 Å². The highest BCUT2D eigenvalue weighted by molar-refractivity contribution is 7.84. The lowest BCUT2D eigenvalue weighted by Crippen LogP contribution is -2.34. The Labute approximate surface area is 172 Å². The number of carbonyl (C=O) groups excluding carboxylic acids is 1. The van der Waals surface area contributed by atoms with Gasteiger partial charge in [-0.1, -0.05) is 18.2 Å². The van der Waals surface area contributed by atoms with Crippen molar-refractivity contribution in [2.45, 2.75) is 24.7 Å². The molecule has 1 fully saturated rings. The summed E-state index contributed by atoms with van der Waals surface area (Å²) < 4.78 is 21.9. The molecule has 1 aromatic carbocycles. The topological polar surface area (TPSA) is 78.2 Å². The summed E-state index contributed by atoms with van der Waals surface area (Å²) in [5.41, 5.74) is 1.75. The Morgan fingerprint density at radius 3 is 2.72 bits per heavy atom. The monoisotopic (exact) mass is 412 g/mol. The normalized spacial score (nSPS) is 17.3. The van der Waals surface area contributed by atoms with Gasteiger partial charge in [0.1, 0.15) is 11.6 Å². The summed E-state index contributed by atoms with van der Waals surface area (Å²) in [4.78, 5) is 12.2. The minimum absolute atomic E-state index is 0.0334. The zero-order chi connectivity index (χ0) is 20.1. The Morgan fingerprint density at radius 2 is 2.00 bits per heavy atom. The molecule has 0 radical (unpaired) electrons. The van der Waals surface area contributed by atoms with Crippen LogP contribution in [0.1, 0.15) is 18.4 Å². The SMILES string of the molecule is O=C(C[S@@](=O)Cc1cnn(-c2ccccc2)c1-n1cccc1)NC[C@@H]1CCCO1. The molecule has 0 bridgehead atoms. The third-order valence-electron chi connectivity index (χ3n) is 4.83. The summed E-state index contributed by atoms with van der Waals surface area (Å²) in [6, 6.07) is 13.7. The second-order valence-corrected chi connectivity index (χ2v) is 8.46. The number of para-hydroxylation sites is 1. The fraction of sp³-hybridized carbons (Fsp3) is 0.333. The van der Waals surface area contributed by atoms with E-state index in [1.54, 1.807) is 6.20 Å².